The van der Waals surface area contributed by atoms with Gasteiger partial charge >= 0.3 is 0 Å². The summed E-state index contributed by atoms with van der Waals surface area (Å²) < 4.78 is 2.18. The Morgan fingerprint density at radius 2 is 1.89 bits per heavy atom. The second-order valence-electron chi connectivity index (χ2n) is 6.04. The number of benzene rings is 1. The lowest BCUT2D eigenvalue weighted by atomic mass is 9.89. The van der Waals surface area contributed by atoms with Crippen LogP contribution in [-0.2, 0) is 0 Å². The van der Waals surface area contributed by atoms with E-state index in [4.69, 9.17) is 0 Å². The first kappa shape index (κ1) is 12.5. The van der Waals surface area contributed by atoms with E-state index in [-0.39, 0.29) is 0 Å². The van der Waals surface area contributed by atoms with Gasteiger partial charge in [0.2, 0.25) is 0 Å². The van der Waals surface area contributed by atoms with Gasteiger partial charge in [-0.1, -0.05) is 39.0 Å². The Labute approximate surface area is 115 Å². The summed E-state index contributed by atoms with van der Waals surface area (Å²) in [6.07, 6.45) is 8.62. The molecule has 1 aromatic carbocycles. The number of hydrogen-bond donors (Lipinski definition) is 0. The van der Waals surface area contributed by atoms with Gasteiger partial charge in [-0.25, -0.2) is 4.98 Å². The second kappa shape index (κ2) is 4.84. The molecule has 0 radical (unpaired) electrons. The molecule has 1 aliphatic rings. The van der Waals surface area contributed by atoms with Crippen LogP contribution < -0.4 is 0 Å². The zero-order chi connectivity index (χ0) is 13.4. The van der Waals surface area contributed by atoms with E-state index in [2.05, 4.69) is 54.7 Å². The van der Waals surface area contributed by atoms with Gasteiger partial charge in [0, 0.05) is 12.4 Å². The molecule has 1 unspecified atom stereocenters. The first-order valence-electron chi connectivity index (χ1n) is 7.29. The number of para-hydroxylation sites is 1. The maximum absolute atomic E-state index is 4.22. The highest BCUT2D eigenvalue weighted by Crippen LogP contribution is 2.44. The predicted octanol–water partition coefficient (Wildman–Crippen LogP) is 4.51. The van der Waals surface area contributed by atoms with E-state index in [9.17, 15) is 0 Å². The summed E-state index contributed by atoms with van der Waals surface area (Å²) in [6, 6.07) is 6.76. The minimum absolute atomic E-state index is 0.531. The summed E-state index contributed by atoms with van der Waals surface area (Å²) in [6.45, 7) is 6.90. The molecule has 1 aliphatic carbocycles. The molecule has 2 heteroatoms. The molecule has 1 fully saturated rings. The van der Waals surface area contributed by atoms with Gasteiger partial charge < -0.3 is 4.57 Å². The third kappa shape index (κ3) is 2.32. The van der Waals surface area contributed by atoms with Gasteiger partial charge in [0.1, 0.15) is 0 Å². The van der Waals surface area contributed by atoms with E-state index in [1.807, 2.05) is 12.5 Å². The Balaban J connectivity index is 2.15. The number of aromatic nitrogens is 2. The maximum Gasteiger partial charge on any atom is 0.0991 e. The summed E-state index contributed by atoms with van der Waals surface area (Å²) in [7, 11) is 0. The largest absolute Gasteiger partial charge is 0.306 e. The van der Waals surface area contributed by atoms with Crippen LogP contribution in [0, 0.1) is 5.92 Å². The van der Waals surface area contributed by atoms with Gasteiger partial charge in [0.25, 0.3) is 0 Å². The SMILES string of the molecule is CC(C)c1cccc(C(C)C2CC2)c1-n1ccnc1. The van der Waals surface area contributed by atoms with Crippen LogP contribution in [-0.4, -0.2) is 9.55 Å². The van der Waals surface area contributed by atoms with Crippen LogP contribution in [0.15, 0.2) is 36.9 Å². The van der Waals surface area contributed by atoms with Gasteiger partial charge in [-0.05, 0) is 41.7 Å². The quantitative estimate of drug-likeness (QED) is 0.785. The third-order valence-electron chi connectivity index (χ3n) is 4.30. The lowest BCUT2D eigenvalue weighted by Gasteiger charge is -2.21. The summed E-state index contributed by atoms with van der Waals surface area (Å²) in [5, 5.41) is 0. The normalized spacial score (nSPS) is 16.8. The first-order valence-corrected chi connectivity index (χ1v) is 7.29. The van der Waals surface area contributed by atoms with Crippen molar-refractivity contribution in [1.82, 2.24) is 9.55 Å². The average Bonchev–Trinajstić information content (AvgIpc) is 3.12. The summed E-state index contributed by atoms with van der Waals surface area (Å²) in [5.41, 5.74) is 4.25. The smallest absolute Gasteiger partial charge is 0.0991 e. The van der Waals surface area contributed by atoms with Crippen molar-refractivity contribution in [2.75, 3.05) is 0 Å². The lowest BCUT2D eigenvalue weighted by Crippen LogP contribution is -2.07. The molecule has 2 nitrogen and oxygen atoms in total. The fourth-order valence-electron chi connectivity index (χ4n) is 2.95. The van der Waals surface area contributed by atoms with Crippen molar-refractivity contribution < 1.29 is 0 Å². The van der Waals surface area contributed by atoms with Crippen LogP contribution in [0.4, 0.5) is 0 Å². The highest BCUT2D eigenvalue weighted by atomic mass is 15.0. The van der Waals surface area contributed by atoms with Crippen LogP contribution in [0.1, 0.15) is 56.6 Å². The zero-order valence-electron chi connectivity index (χ0n) is 12.0. The molecule has 0 N–H and O–H groups in total. The Morgan fingerprint density at radius 1 is 1.16 bits per heavy atom. The van der Waals surface area contributed by atoms with Gasteiger partial charge in [0.15, 0.2) is 0 Å². The molecule has 1 heterocycles. The number of hydrogen-bond acceptors (Lipinski definition) is 1. The van der Waals surface area contributed by atoms with E-state index in [1.165, 1.54) is 29.7 Å². The van der Waals surface area contributed by atoms with Gasteiger partial charge in [-0.15, -0.1) is 0 Å². The van der Waals surface area contributed by atoms with E-state index in [0.717, 1.165) is 5.92 Å². The van der Waals surface area contributed by atoms with E-state index < -0.39 is 0 Å². The van der Waals surface area contributed by atoms with Crippen molar-refractivity contribution >= 4 is 0 Å². The van der Waals surface area contributed by atoms with Crippen LogP contribution in [0.25, 0.3) is 5.69 Å². The Bertz CT molecular complexity index is 551. The van der Waals surface area contributed by atoms with Crippen molar-refractivity contribution in [2.24, 2.45) is 5.92 Å². The van der Waals surface area contributed by atoms with Crippen LogP contribution in [0.2, 0.25) is 0 Å². The standard InChI is InChI=1S/C17H22N2/c1-12(2)15-5-4-6-16(13(3)14-7-8-14)17(15)19-10-9-18-11-19/h4-6,9-14H,7-8H2,1-3H3. The number of rotatable bonds is 4. The van der Waals surface area contributed by atoms with Gasteiger partial charge in [0.05, 0.1) is 12.0 Å². The van der Waals surface area contributed by atoms with Gasteiger partial charge in [-0.3, -0.25) is 0 Å². The average molecular weight is 254 g/mol. The molecule has 2 aromatic rings. The summed E-state index contributed by atoms with van der Waals surface area (Å²) in [4.78, 5) is 4.22. The minimum Gasteiger partial charge on any atom is -0.306 e. The topological polar surface area (TPSA) is 17.8 Å². The molecular formula is C17H22N2. The van der Waals surface area contributed by atoms with Crippen LogP contribution >= 0.6 is 0 Å². The van der Waals surface area contributed by atoms with Crippen LogP contribution in [0.5, 0.6) is 0 Å². The zero-order valence-corrected chi connectivity index (χ0v) is 12.0. The molecule has 0 amide bonds. The highest BCUT2D eigenvalue weighted by Gasteiger charge is 2.31. The molecule has 0 spiro atoms. The van der Waals surface area contributed by atoms with Gasteiger partial charge in [-0.2, -0.15) is 0 Å². The Morgan fingerprint density at radius 3 is 2.47 bits per heavy atom. The van der Waals surface area contributed by atoms with E-state index in [1.54, 1.807) is 0 Å². The molecule has 1 aromatic heterocycles. The number of imidazole rings is 1. The number of nitrogens with zero attached hydrogens (tertiary/aromatic N) is 2. The predicted molar refractivity (Wildman–Crippen MR) is 78.8 cm³/mol. The summed E-state index contributed by atoms with van der Waals surface area (Å²) >= 11 is 0. The molecule has 1 atom stereocenters. The molecule has 0 aliphatic heterocycles. The maximum atomic E-state index is 4.22. The lowest BCUT2D eigenvalue weighted by molar-refractivity contribution is 0.656. The minimum atomic E-state index is 0.531. The van der Waals surface area contributed by atoms with Crippen molar-refractivity contribution in [3.63, 3.8) is 0 Å². The van der Waals surface area contributed by atoms with E-state index in [0.29, 0.717) is 11.8 Å². The van der Waals surface area contributed by atoms with Crippen molar-refractivity contribution in [1.29, 1.82) is 0 Å². The Kier molecular flexibility index (Phi) is 3.17. The molecule has 0 saturated heterocycles. The van der Waals surface area contributed by atoms with Crippen molar-refractivity contribution in [3.8, 4) is 5.69 Å². The molecule has 1 saturated carbocycles. The second-order valence-corrected chi connectivity index (χ2v) is 6.04. The molecule has 19 heavy (non-hydrogen) atoms. The molecule has 3 rings (SSSR count). The van der Waals surface area contributed by atoms with Crippen LogP contribution in [0.3, 0.4) is 0 Å². The van der Waals surface area contributed by atoms with E-state index >= 15 is 0 Å². The summed E-state index contributed by atoms with van der Waals surface area (Å²) in [5.74, 6) is 2.06. The van der Waals surface area contributed by atoms with Crippen molar-refractivity contribution in [2.45, 2.75) is 45.4 Å². The first-order chi connectivity index (χ1) is 9.18. The fourth-order valence-corrected chi connectivity index (χ4v) is 2.95. The monoisotopic (exact) mass is 254 g/mol. The fraction of sp³-hybridized carbons (Fsp3) is 0.471. The Hall–Kier alpha value is -1.57. The highest BCUT2D eigenvalue weighted by molar-refractivity contribution is 5.51. The molecule has 0 bridgehead atoms. The third-order valence-corrected chi connectivity index (χ3v) is 4.30. The molecular weight excluding hydrogens is 232 g/mol. The van der Waals surface area contributed by atoms with Crippen molar-refractivity contribution in [3.05, 3.63) is 48.0 Å². The molecule has 100 valence electrons.